The highest BCUT2D eigenvalue weighted by Gasteiger charge is 2.13. The van der Waals surface area contributed by atoms with E-state index in [1.807, 2.05) is 128 Å². The van der Waals surface area contributed by atoms with Gasteiger partial charge in [0.25, 0.3) is 0 Å². The third kappa shape index (κ3) is 7.56. The molecule has 0 aliphatic carbocycles. The maximum Gasteiger partial charge on any atom is 0.157 e. The highest BCUT2D eigenvalue weighted by Crippen LogP contribution is 2.36. The molecule has 0 radical (unpaired) electrons. The van der Waals surface area contributed by atoms with Crippen LogP contribution in [0.1, 0.15) is 27.8 Å². The Labute approximate surface area is 297 Å². The highest BCUT2D eigenvalue weighted by atomic mass is 15.0. The predicted molar refractivity (Wildman–Crippen MR) is 212 cm³/mol. The number of amidine groups is 2. The Kier molecular flexibility index (Phi) is 9.66. The average Bonchev–Trinajstić information content (AvgIpc) is 3.20. The van der Waals surface area contributed by atoms with Gasteiger partial charge in [-0.2, -0.15) is 0 Å². The van der Waals surface area contributed by atoms with Crippen molar-refractivity contribution in [1.82, 2.24) is 4.98 Å². The Morgan fingerprint density at radius 3 is 1.78 bits per heavy atom. The molecule has 1 heterocycles. The van der Waals surface area contributed by atoms with Crippen LogP contribution in [-0.2, 0) is 6.54 Å². The number of benzene rings is 6. The standard InChI is InChI=1S/C45H36N6/c46-40(34-13-6-2-7-14-34)29-41(47)35-23-19-33(20-24-35)39-27-28-49-42-18-10-17-38(43(39)42)32-21-25-36(26-22-32)44(48)51-45(37-15-8-3-9-16-37)50-30-31-11-4-1-5-12-31/h1-29,46H,30,47H2,(H2,48,50,51)/b41-29-,46-40?. The number of rotatable bonds is 9. The summed E-state index contributed by atoms with van der Waals surface area (Å²) in [6, 6.07) is 54.1. The molecule has 0 amide bonds. The van der Waals surface area contributed by atoms with Crippen molar-refractivity contribution in [2.45, 2.75) is 6.54 Å². The largest absolute Gasteiger partial charge is 0.398 e. The molecule has 0 saturated heterocycles. The molecule has 0 atom stereocenters. The number of nitrogens with two attached hydrogens (primary N) is 2. The second-order valence-corrected chi connectivity index (χ2v) is 12.1. The number of aromatic nitrogens is 1. The Morgan fingerprint density at radius 1 is 0.569 bits per heavy atom. The summed E-state index contributed by atoms with van der Waals surface area (Å²) >= 11 is 0. The lowest BCUT2D eigenvalue weighted by atomic mass is 9.93. The summed E-state index contributed by atoms with van der Waals surface area (Å²) in [4.78, 5) is 14.3. The molecule has 0 saturated carbocycles. The number of aliphatic imine (C=N–C) groups is 2. The van der Waals surface area contributed by atoms with Crippen LogP contribution in [0.15, 0.2) is 186 Å². The molecule has 1 aromatic heterocycles. The summed E-state index contributed by atoms with van der Waals surface area (Å²) in [5.41, 5.74) is 23.5. The first-order valence-corrected chi connectivity index (χ1v) is 16.7. The zero-order chi connectivity index (χ0) is 35.0. The zero-order valence-electron chi connectivity index (χ0n) is 27.9. The van der Waals surface area contributed by atoms with Gasteiger partial charge < -0.3 is 16.9 Å². The van der Waals surface area contributed by atoms with Gasteiger partial charge in [0.2, 0.25) is 0 Å². The predicted octanol–water partition coefficient (Wildman–Crippen LogP) is 9.29. The molecule has 0 spiro atoms. The second-order valence-electron chi connectivity index (χ2n) is 12.1. The van der Waals surface area contributed by atoms with Crippen molar-refractivity contribution < 1.29 is 0 Å². The SMILES string of the molecule is N=C(/C=C(\N)c1ccc(-c2ccnc3cccc(-c4ccc(C(N)=NC(=NCc5ccccc5)c5ccccc5)cc4)c23)cc1)c1ccccc1. The maximum absolute atomic E-state index is 8.45. The van der Waals surface area contributed by atoms with Gasteiger partial charge in [0.15, 0.2) is 5.84 Å². The molecular formula is C45H36N6. The maximum atomic E-state index is 8.45. The van der Waals surface area contributed by atoms with E-state index in [1.54, 1.807) is 6.08 Å². The molecule has 5 N–H and O–H groups in total. The summed E-state index contributed by atoms with van der Waals surface area (Å²) in [6.45, 7) is 0.504. The Bertz CT molecular complexity index is 2370. The lowest BCUT2D eigenvalue weighted by Gasteiger charge is -2.13. The first kappa shape index (κ1) is 32.6. The van der Waals surface area contributed by atoms with Crippen LogP contribution in [0.2, 0.25) is 0 Å². The van der Waals surface area contributed by atoms with Crippen LogP contribution in [-0.4, -0.2) is 22.4 Å². The molecule has 0 aliphatic heterocycles. The zero-order valence-corrected chi connectivity index (χ0v) is 27.9. The van der Waals surface area contributed by atoms with Gasteiger partial charge in [-0.05, 0) is 57.2 Å². The molecule has 6 aromatic carbocycles. The topological polar surface area (TPSA) is 114 Å². The van der Waals surface area contributed by atoms with Crippen molar-refractivity contribution in [3.63, 3.8) is 0 Å². The number of nitrogens with one attached hydrogen (secondary N) is 1. The van der Waals surface area contributed by atoms with E-state index in [0.29, 0.717) is 29.6 Å². The number of hydrogen-bond donors (Lipinski definition) is 3. The molecular weight excluding hydrogens is 625 g/mol. The van der Waals surface area contributed by atoms with E-state index in [4.69, 9.17) is 31.8 Å². The summed E-state index contributed by atoms with van der Waals surface area (Å²) in [5.74, 6) is 0.980. The van der Waals surface area contributed by atoms with Crippen LogP contribution in [0, 0.1) is 5.41 Å². The molecule has 7 rings (SSSR count). The van der Waals surface area contributed by atoms with Crippen LogP contribution in [0.5, 0.6) is 0 Å². The minimum absolute atomic E-state index is 0.369. The van der Waals surface area contributed by atoms with E-state index in [0.717, 1.165) is 61.0 Å². The van der Waals surface area contributed by atoms with Gasteiger partial charge in [-0.1, -0.05) is 152 Å². The number of allylic oxidation sites excluding steroid dienone is 1. The first-order chi connectivity index (χ1) is 25.0. The molecule has 0 fully saturated rings. The van der Waals surface area contributed by atoms with E-state index in [-0.39, 0.29) is 0 Å². The third-order valence-electron chi connectivity index (χ3n) is 8.68. The molecule has 0 bridgehead atoms. The molecule has 0 aliphatic rings. The van der Waals surface area contributed by atoms with Crippen LogP contribution in [0.25, 0.3) is 38.9 Å². The van der Waals surface area contributed by atoms with Crippen molar-refractivity contribution in [3.8, 4) is 22.3 Å². The monoisotopic (exact) mass is 660 g/mol. The fourth-order valence-corrected chi connectivity index (χ4v) is 6.00. The second kappa shape index (κ2) is 15.1. The van der Waals surface area contributed by atoms with Gasteiger partial charge in [0.05, 0.1) is 17.8 Å². The Balaban J connectivity index is 1.18. The molecule has 6 heteroatoms. The number of fused-ring (bicyclic) bond motifs is 1. The van der Waals surface area contributed by atoms with E-state index >= 15 is 0 Å². The quantitative estimate of drug-likeness (QED) is 0.106. The van der Waals surface area contributed by atoms with Crippen molar-refractivity contribution >= 4 is 34.0 Å². The molecule has 246 valence electrons. The van der Waals surface area contributed by atoms with Gasteiger partial charge in [0.1, 0.15) is 5.84 Å². The van der Waals surface area contributed by atoms with E-state index in [1.165, 1.54) is 0 Å². The number of hydrogen-bond acceptors (Lipinski definition) is 4. The van der Waals surface area contributed by atoms with Gasteiger partial charge in [-0.15, -0.1) is 0 Å². The third-order valence-corrected chi connectivity index (χ3v) is 8.68. The Morgan fingerprint density at radius 2 is 1.14 bits per heavy atom. The molecule has 7 aromatic rings. The number of nitrogens with zero attached hydrogens (tertiary/aromatic N) is 3. The molecule has 0 unspecified atom stereocenters. The van der Waals surface area contributed by atoms with Crippen molar-refractivity contribution in [1.29, 1.82) is 5.41 Å². The Hall–Kier alpha value is -6.92. The minimum atomic E-state index is 0.369. The highest BCUT2D eigenvalue weighted by molar-refractivity contribution is 6.12. The van der Waals surface area contributed by atoms with Gasteiger partial charge >= 0.3 is 0 Å². The number of pyridine rings is 1. The van der Waals surface area contributed by atoms with Gasteiger partial charge in [-0.3, -0.25) is 9.98 Å². The smallest absolute Gasteiger partial charge is 0.157 e. The first-order valence-electron chi connectivity index (χ1n) is 16.7. The lowest BCUT2D eigenvalue weighted by Crippen LogP contribution is -2.16. The average molecular weight is 661 g/mol. The van der Waals surface area contributed by atoms with E-state index in [9.17, 15) is 0 Å². The summed E-state index contributed by atoms with van der Waals surface area (Å²) in [6.07, 6.45) is 3.54. The van der Waals surface area contributed by atoms with E-state index in [2.05, 4.69) is 42.5 Å². The van der Waals surface area contributed by atoms with Crippen LogP contribution in [0.4, 0.5) is 0 Å². The van der Waals surface area contributed by atoms with Gasteiger partial charge in [0, 0.05) is 28.4 Å². The fraction of sp³-hybridized carbons (Fsp3) is 0.0222. The normalized spacial score (nSPS) is 12.2. The van der Waals surface area contributed by atoms with Crippen LogP contribution >= 0.6 is 0 Å². The summed E-state index contributed by atoms with van der Waals surface area (Å²) in [5, 5.41) is 9.50. The van der Waals surface area contributed by atoms with E-state index < -0.39 is 0 Å². The van der Waals surface area contributed by atoms with Crippen LogP contribution < -0.4 is 11.5 Å². The van der Waals surface area contributed by atoms with Crippen molar-refractivity contribution in [2.75, 3.05) is 0 Å². The lowest BCUT2D eigenvalue weighted by molar-refractivity contribution is 1.06. The summed E-state index contributed by atoms with van der Waals surface area (Å²) in [7, 11) is 0. The minimum Gasteiger partial charge on any atom is -0.398 e. The fourth-order valence-electron chi connectivity index (χ4n) is 6.00. The van der Waals surface area contributed by atoms with Crippen molar-refractivity contribution in [2.24, 2.45) is 21.5 Å². The van der Waals surface area contributed by atoms with Crippen LogP contribution in [0.3, 0.4) is 0 Å². The molecule has 51 heavy (non-hydrogen) atoms. The van der Waals surface area contributed by atoms with Crippen molar-refractivity contribution in [3.05, 3.63) is 204 Å². The molecule has 6 nitrogen and oxygen atoms in total. The summed E-state index contributed by atoms with van der Waals surface area (Å²) < 4.78 is 0. The van der Waals surface area contributed by atoms with Gasteiger partial charge in [-0.25, -0.2) is 4.99 Å².